The molecule has 1 amide bonds. The number of alkyl halides is 5. The number of benzene rings is 2. The third-order valence-electron chi connectivity index (χ3n) is 5.97. The Kier molecular flexibility index (Phi) is 5.38. The highest BCUT2D eigenvalue weighted by Crippen LogP contribution is 2.42. The van der Waals surface area contributed by atoms with Crippen molar-refractivity contribution in [2.24, 2.45) is 0 Å². The zero-order valence-electron chi connectivity index (χ0n) is 17.5. The summed E-state index contributed by atoms with van der Waals surface area (Å²) in [6.45, 7) is -3.08. The van der Waals surface area contributed by atoms with Gasteiger partial charge in [0.1, 0.15) is 5.58 Å². The number of furan rings is 1. The maximum atomic E-state index is 13.4. The van der Waals surface area contributed by atoms with Crippen molar-refractivity contribution in [3.05, 3.63) is 71.5 Å². The van der Waals surface area contributed by atoms with E-state index in [0.29, 0.717) is 21.9 Å². The normalized spacial score (nSPS) is 16.8. The van der Waals surface area contributed by atoms with Crippen molar-refractivity contribution in [3.63, 3.8) is 0 Å². The lowest BCUT2D eigenvalue weighted by molar-refractivity contribution is -0.139. The van der Waals surface area contributed by atoms with Gasteiger partial charge in [-0.3, -0.25) is 9.78 Å². The molecule has 1 atom stereocenters. The topological polar surface area (TPSA) is 55.6 Å². The molecule has 2 aromatic heterocycles. The summed E-state index contributed by atoms with van der Waals surface area (Å²) in [5.74, 6) is -0.825. The van der Waals surface area contributed by atoms with Crippen LogP contribution in [-0.4, -0.2) is 28.9 Å². The minimum Gasteiger partial charge on any atom is -0.452 e. The Hall–Kier alpha value is -3.69. The second-order valence-electron chi connectivity index (χ2n) is 8.04. The van der Waals surface area contributed by atoms with Gasteiger partial charge >= 0.3 is 12.8 Å². The Morgan fingerprint density at radius 3 is 2.71 bits per heavy atom. The van der Waals surface area contributed by atoms with Crippen LogP contribution in [0.3, 0.4) is 0 Å². The number of carbonyl (C=O) groups is 1. The monoisotopic (exact) mass is 476 g/mol. The molecule has 10 heteroatoms. The number of likely N-dealkylation sites (tertiary alicyclic amines) is 1. The number of hydrogen-bond acceptors (Lipinski definition) is 4. The Morgan fingerprint density at radius 1 is 1.15 bits per heavy atom. The molecule has 1 saturated heterocycles. The molecule has 0 saturated carbocycles. The van der Waals surface area contributed by atoms with Gasteiger partial charge in [-0.2, -0.15) is 22.0 Å². The van der Waals surface area contributed by atoms with Crippen LogP contribution in [0.2, 0.25) is 0 Å². The molecule has 2 aromatic carbocycles. The summed E-state index contributed by atoms with van der Waals surface area (Å²) < 4.78 is 76.4. The van der Waals surface area contributed by atoms with Crippen LogP contribution in [0.15, 0.2) is 59.3 Å². The highest BCUT2D eigenvalue weighted by molar-refractivity contribution is 6.08. The summed E-state index contributed by atoms with van der Waals surface area (Å²) in [6.07, 6.45) is -1.44. The number of fused-ring (bicyclic) bond motifs is 3. The molecule has 5 rings (SSSR count). The third kappa shape index (κ3) is 3.93. The SMILES string of the molecule is O=C1CC(c2ccc(OC(F)F)c3oc4ccncc4c23)CN1Cc1ccccc1C(F)(F)F. The van der Waals surface area contributed by atoms with Gasteiger partial charge < -0.3 is 14.1 Å². The molecule has 176 valence electrons. The molecular weight excluding hydrogens is 459 g/mol. The van der Waals surface area contributed by atoms with E-state index in [1.54, 1.807) is 12.1 Å². The molecule has 5 nitrogen and oxygen atoms in total. The van der Waals surface area contributed by atoms with Gasteiger partial charge in [0, 0.05) is 48.6 Å². The summed E-state index contributed by atoms with van der Waals surface area (Å²) in [6, 6.07) is 9.68. The first-order valence-electron chi connectivity index (χ1n) is 10.4. The van der Waals surface area contributed by atoms with Crippen LogP contribution in [0.25, 0.3) is 21.9 Å². The summed E-state index contributed by atoms with van der Waals surface area (Å²) in [4.78, 5) is 18.2. The Morgan fingerprint density at radius 2 is 1.94 bits per heavy atom. The summed E-state index contributed by atoms with van der Waals surface area (Å²) >= 11 is 0. The van der Waals surface area contributed by atoms with Crippen LogP contribution in [0.1, 0.15) is 29.0 Å². The number of hydrogen-bond donors (Lipinski definition) is 0. The van der Waals surface area contributed by atoms with E-state index in [1.807, 2.05) is 0 Å². The molecule has 3 heterocycles. The van der Waals surface area contributed by atoms with Gasteiger partial charge in [-0.25, -0.2) is 0 Å². The van der Waals surface area contributed by atoms with Crippen molar-refractivity contribution in [1.82, 2.24) is 9.88 Å². The van der Waals surface area contributed by atoms with Gasteiger partial charge in [-0.05, 0) is 29.3 Å². The number of amides is 1. The molecule has 0 radical (unpaired) electrons. The molecule has 0 N–H and O–H groups in total. The Balaban J connectivity index is 1.52. The second kappa shape index (κ2) is 8.27. The molecule has 1 unspecified atom stereocenters. The van der Waals surface area contributed by atoms with E-state index < -0.39 is 18.4 Å². The highest BCUT2D eigenvalue weighted by Gasteiger charge is 2.37. The average Bonchev–Trinajstić information content (AvgIpc) is 3.35. The number of rotatable bonds is 5. The maximum Gasteiger partial charge on any atom is 0.416 e. The van der Waals surface area contributed by atoms with Gasteiger partial charge in [0.05, 0.1) is 5.56 Å². The predicted molar refractivity (Wildman–Crippen MR) is 112 cm³/mol. The Bertz CT molecular complexity index is 1380. The summed E-state index contributed by atoms with van der Waals surface area (Å²) in [5.41, 5.74) is 0.399. The van der Waals surface area contributed by atoms with Crippen LogP contribution in [0, 0.1) is 0 Å². The number of halogens is 5. The van der Waals surface area contributed by atoms with E-state index >= 15 is 0 Å². The van der Waals surface area contributed by atoms with E-state index in [4.69, 9.17) is 4.42 Å². The fourth-order valence-electron chi connectivity index (χ4n) is 4.53. The average molecular weight is 476 g/mol. The largest absolute Gasteiger partial charge is 0.452 e. The molecule has 1 fully saturated rings. The lowest BCUT2D eigenvalue weighted by Gasteiger charge is -2.20. The first-order valence-corrected chi connectivity index (χ1v) is 10.4. The van der Waals surface area contributed by atoms with E-state index in [2.05, 4.69) is 9.72 Å². The number of aromatic nitrogens is 1. The van der Waals surface area contributed by atoms with Crippen LogP contribution in [0.4, 0.5) is 22.0 Å². The molecular formula is C24H17F5N2O3. The van der Waals surface area contributed by atoms with Crippen molar-refractivity contribution in [3.8, 4) is 5.75 Å². The standard InChI is InChI=1S/C24H17F5N2O3/c25-23(26)34-19-6-5-15(21-16-10-30-8-7-18(16)33-22(19)21)14-9-20(32)31(12-14)11-13-3-1-2-4-17(13)24(27,28)29/h1-8,10,14,23H,9,11-12H2. The minimum absolute atomic E-state index is 0.00721. The fourth-order valence-corrected chi connectivity index (χ4v) is 4.53. The van der Waals surface area contributed by atoms with Crippen molar-refractivity contribution in [1.29, 1.82) is 0 Å². The number of pyridine rings is 1. The molecule has 1 aliphatic heterocycles. The van der Waals surface area contributed by atoms with Gasteiger partial charge in [-0.15, -0.1) is 0 Å². The first kappa shape index (κ1) is 22.1. The highest BCUT2D eigenvalue weighted by atomic mass is 19.4. The van der Waals surface area contributed by atoms with Crippen molar-refractivity contribution < 1.29 is 35.9 Å². The van der Waals surface area contributed by atoms with Gasteiger partial charge in [-0.1, -0.05) is 24.3 Å². The van der Waals surface area contributed by atoms with E-state index in [1.165, 1.54) is 41.6 Å². The van der Waals surface area contributed by atoms with Crippen LogP contribution in [-0.2, 0) is 17.5 Å². The zero-order chi connectivity index (χ0) is 24.0. The molecule has 0 spiro atoms. The molecule has 34 heavy (non-hydrogen) atoms. The lowest BCUT2D eigenvalue weighted by Crippen LogP contribution is -2.26. The quantitative estimate of drug-likeness (QED) is 0.326. The molecule has 0 aliphatic carbocycles. The van der Waals surface area contributed by atoms with Crippen molar-refractivity contribution in [2.45, 2.75) is 31.7 Å². The van der Waals surface area contributed by atoms with Gasteiger partial charge in [0.2, 0.25) is 5.91 Å². The minimum atomic E-state index is -4.53. The second-order valence-corrected chi connectivity index (χ2v) is 8.04. The predicted octanol–water partition coefficient (Wildman–Crippen LogP) is 6.12. The van der Waals surface area contributed by atoms with Crippen LogP contribution < -0.4 is 4.74 Å². The fraction of sp³-hybridized carbons (Fsp3) is 0.250. The van der Waals surface area contributed by atoms with Crippen molar-refractivity contribution in [2.75, 3.05) is 6.54 Å². The molecule has 0 bridgehead atoms. The number of nitrogens with zero attached hydrogens (tertiary/aromatic N) is 2. The van der Waals surface area contributed by atoms with Crippen LogP contribution >= 0.6 is 0 Å². The smallest absolute Gasteiger partial charge is 0.416 e. The third-order valence-corrected chi connectivity index (χ3v) is 5.97. The summed E-state index contributed by atoms with van der Waals surface area (Å²) in [7, 11) is 0. The van der Waals surface area contributed by atoms with Crippen LogP contribution in [0.5, 0.6) is 5.75 Å². The molecule has 4 aromatic rings. The first-order chi connectivity index (χ1) is 16.2. The lowest BCUT2D eigenvalue weighted by atomic mass is 9.93. The van der Waals surface area contributed by atoms with Gasteiger partial charge in [0.25, 0.3) is 0 Å². The zero-order valence-corrected chi connectivity index (χ0v) is 17.5. The number of ether oxygens (including phenoxy) is 1. The molecule has 1 aliphatic rings. The van der Waals surface area contributed by atoms with E-state index in [0.717, 1.165) is 6.07 Å². The maximum absolute atomic E-state index is 13.4. The van der Waals surface area contributed by atoms with Gasteiger partial charge in [0.15, 0.2) is 11.3 Å². The van der Waals surface area contributed by atoms with Crippen molar-refractivity contribution >= 4 is 27.8 Å². The Labute approximate surface area is 189 Å². The van der Waals surface area contributed by atoms with E-state index in [9.17, 15) is 26.7 Å². The number of carbonyl (C=O) groups excluding carboxylic acids is 1. The van der Waals surface area contributed by atoms with E-state index in [-0.39, 0.29) is 48.2 Å². The summed E-state index contributed by atoms with van der Waals surface area (Å²) in [5, 5.41) is 1.07.